The monoisotopic (exact) mass is 471 g/mol. The third kappa shape index (κ3) is 4.98. The van der Waals surface area contributed by atoms with E-state index >= 15 is 0 Å². The Balaban J connectivity index is 1.67. The van der Waals surface area contributed by atoms with E-state index in [4.69, 9.17) is 21.1 Å². The van der Waals surface area contributed by atoms with Crippen molar-refractivity contribution in [2.75, 3.05) is 32.1 Å². The number of anilines is 1. The highest BCUT2D eigenvalue weighted by molar-refractivity contribution is 6.67. The van der Waals surface area contributed by atoms with E-state index in [0.29, 0.717) is 26.1 Å². The Labute approximate surface area is 199 Å². The topological polar surface area (TPSA) is 79.3 Å². The number of hydrogen-bond acceptors (Lipinski definition) is 7. The van der Waals surface area contributed by atoms with Gasteiger partial charge in [0.25, 0.3) is 5.85 Å². The summed E-state index contributed by atoms with van der Waals surface area (Å²) in [5.41, 5.74) is 2.14. The van der Waals surface area contributed by atoms with Crippen molar-refractivity contribution in [3.05, 3.63) is 59.9 Å². The number of amidine groups is 1. The Morgan fingerprint density at radius 2 is 2.00 bits per heavy atom. The van der Waals surface area contributed by atoms with E-state index < -0.39 is 11.4 Å². The number of nitrogens with one attached hydrogen (secondary N) is 1. The highest BCUT2D eigenvalue weighted by Crippen LogP contribution is 2.40. The number of aliphatic imine (C=N–C) groups is 1. The fourth-order valence-corrected chi connectivity index (χ4v) is 4.60. The number of methoxy groups -OCH3 is 1. The summed E-state index contributed by atoms with van der Waals surface area (Å²) in [5, 5.41) is 3.28. The van der Waals surface area contributed by atoms with Crippen LogP contribution in [0.4, 0.5) is 10.5 Å². The largest absolute Gasteiger partial charge is 0.444 e. The summed E-state index contributed by atoms with van der Waals surface area (Å²) in [7, 11) is 1.62. The van der Waals surface area contributed by atoms with E-state index in [-0.39, 0.29) is 17.4 Å². The van der Waals surface area contributed by atoms with E-state index in [9.17, 15) is 4.79 Å². The molecule has 1 saturated heterocycles. The van der Waals surface area contributed by atoms with Crippen molar-refractivity contribution in [3.63, 3.8) is 0 Å². The maximum Gasteiger partial charge on any atom is 0.410 e. The van der Waals surface area contributed by atoms with E-state index in [1.165, 1.54) is 0 Å². The number of ether oxygens (including phenoxy) is 2. The van der Waals surface area contributed by atoms with E-state index in [1.807, 2.05) is 49.9 Å². The lowest BCUT2D eigenvalue weighted by Crippen LogP contribution is -2.62. The zero-order valence-electron chi connectivity index (χ0n) is 19.4. The Bertz CT molecular complexity index is 1030. The number of nitrogens with zero attached hydrogens (tertiary/aromatic N) is 4. The fraction of sp³-hybridized carbons (Fsp3) is 0.458. The second-order valence-electron chi connectivity index (χ2n) is 9.22. The Hall–Kier alpha value is -2.68. The normalized spacial score (nSPS) is 23.4. The predicted molar refractivity (Wildman–Crippen MR) is 128 cm³/mol. The summed E-state index contributed by atoms with van der Waals surface area (Å²) in [4.78, 5) is 25.9. The SMILES string of the molecule is COC1(N2CCN(C(=O)OC(C)(C)C)[C@@H](Cc3ccccc3)C2)N=C(Cl)Nc2cnccc21. The Morgan fingerprint density at radius 1 is 1.24 bits per heavy atom. The first-order chi connectivity index (χ1) is 15.7. The van der Waals surface area contributed by atoms with Crippen LogP contribution < -0.4 is 5.32 Å². The number of piperazine rings is 1. The van der Waals surface area contributed by atoms with Gasteiger partial charge < -0.3 is 19.7 Å². The number of aromatic nitrogens is 1. The van der Waals surface area contributed by atoms with Crippen LogP contribution in [-0.2, 0) is 21.7 Å². The Morgan fingerprint density at radius 3 is 2.70 bits per heavy atom. The van der Waals surface area contributed by atoms with Gasteiger partial charge in [0.1, 0.15) is 5.60 Å². The minimum absolute atomic E-state index is 0.142. The molecule has 176 valence electrons. The van der Waals surface area contributed by atoms with E-state index in [2.05, 4.69) is 32.3 Å². The van der Waals surface area contributed by atoms with Crippen molar-refractivity contribution in [1.29, 1.82) is 0 Å². The molecule has 0 radical (unpaired) electrons. The van der Waals surface area contributed by atoms with Crippen LogP contribution in [0.5, 0.6) is 0 Å². The molecule has 2 aromatic rings. The second-order valence-corrected chi connectivity index (χ2v) is 9.58. The number of benzene rings is 1. The minimum atomic E-state index is -1.12. The standard InChI is InChI=1S/C24H30ClN5O3/c1-23(2,3)33-22(31)30-13-12-29(16-18(30)14-17-8-6-5-7-9-17)24(32-4)19-10-11-26-15-20(19)27-21(25)28-24/h5-11,15,18H,12-14,16H2,1-4H3,(H,27,28)/t18-,24?/m0/s1. The van der Waals surface area contributed by atoms with Gasteiger partial charge in [-0.15, -0.1) is 0 Å². The van der Waals surface area contributed by atoms with Gasteiger partial charge in [-0.1, -0.05) is 30.3 Å². The van der Waals surface area contributed by atoms with Crippen LogP contribution in [0.15, 0.2) is 53.8 Å². The van der Waals surface area contributed by atoms with Crippen LogP contribution in [0.25, 0.3) is 0 Å². The van der Waals surface area contributed by atoms with Gasteiger partial charge >= 0.3 is 6.09 Å². The Kier molecular flexibility index (Phi) is 6.61. The average molecular weight is 472 g/mol. The molecule has 0 spiro atoms. The van der Waals surface area contributed by atoms with Crippen LogP contribution in [0.3, 0.4) is 0 Å². The highest BCUT2D eigenvalue weighted by atomic mass is 35.5. The molecule has 4 rings (SSSR count). The molecule has 1 fully saturated rings. The summed E-state index contributed by atoms with van der Waals surface area (Å²) in [5.74, 6) is -1.12. The third-order valence-corrected chi connectivity index (χ3v) is 5.98. The maximum atomic E-state index is 13.1. The lowest BCUT2D eigenvalue weighted by molar-refractivity contribution is -0.157. The van der Waals surface area contributed by atoms with Crippen molar-refractivity contribution in [1.82, 2.24) is 14.8 Å². The molecule has 2 aliphatic rings. The first kappa shape index (κ1) is 23.5. The molecule has 1 unspecified atom stereocenters. The molecular weight excluding hydrogens is 442 g/mol. The number of carbonyl (C=O) groups is 1. The average Bonchev–Trinajstić information content (AvgIpc) is 2.78. The van der Waals surface area contributed by atoms with Crippen LogP contribution in [0.1, 0.15) is 31.9 Å². The summed E-state index contributed by atoms with van der Waals surface area (Å²) in [6.45, 7) is 7.17. The van der Waals surface area contributed by atoms with Gasteiger partial charge in [0.15, 0.2) is 5.29 Å². The lowest BCUT2D eigenvalue weighted by atomic mass is 9.99. The first-order valence-corrected chi connectivity index (χ1v) is 11.4. The van der Waals surface area contributed by atoms with Crippen molar-refractivity contribution in [2.24, 2.45) is 4.99 Å². The molecular formula is C24H30ClN5O3. The van der Waals surface area contributed by atoms with Crippen LogP contribution in [-0.4, -0.2) is 64.6 Å². The number of amides is 1. The fourth-order valence-electron chi connectivity index (χ4n) is 4.39. The summed E-state index contributed by atoms with van der Waals surface area (Å²) in [6, 6.07) is 11.9. The number of fused-ring (bicyclic) bond motifs is 1. The van der Waals surface area contributed by atoms with E-state index in [0.717, 1.165) is 16.8 Å². The van der Waals surface area contributed by atoms with Gasteiger partial charge in [-0.2, -0.15) is 0 Å². The lowest BCUT2D eigenvalue weighted by Gasteiger charge is -2.49. The van der Waals surface area contributed by atoms with Gasteiger partial charge in [-0.3, -0.25) is 4.98 Å². The molecule has 33 heavy (non-hydrogen) atoms. The number of rotatable bonds is 4. The van der Waals surface area contributed by atoms with Gasteiger partial charge in [0.2, 0.25) is 0 Å². The predicted octanol–water partition coefficient (Wildman–Crippen LogP) is 4.02. The number of carbonyl (C=O) groups excluding carboxylic acids is 1. The minimum Gasteiger partial charge on any atom is -0.444 e. The molecule has 3 heterocycles. The van der Waals surface area contributed by atoms with Crippen molar-refractivity contribution < 1.29 is 14.3 Å². The molecule has 2 atom stereocenters. The van der Waals surface area contributed by atoms with Crippen LogP contribution >= 0.6 is 11.6 Å². The van der Waals surface area contributed by atoms with Gasteiger partial charge in [0, 0.05) is 38.5 Å². The molecule has 1 amide bonds. The smallest absolute Gasteiger partial charge is 0.410 e. The number of halogens is 1. The number of hydrogen-bond donors (Lipinski definition) is 1. The van der Waals surface area contributed by atoms with Gasteiger partial charge in [0.05, 0.1) is 17.9 Å². The molecule has 9 heteroatoms. The molecule has 0 aliphatic carbocycles. The molecule has 1 aromatic heterocycles. The van der Waals surface area contributed by atoms with Crippen LogP contribution in [0, 0.1) is 0 Å². The summed E-state index contributed by atoms with van der Waals surface area (Å²) >= 11 is 6.36. The maximum absolute atomic E-state index is 13.1. The number of pyridine rings is 1. The summed E-state index contributed by atoms with van der Waals surface area (Å²) in [6.07, 6.45) is 3.78. The highest BCUT2D eigenvalue weighted by Gasteiger charge is 2.47. The zero-order chi connectivity index (χ0) is 23.6. The van der Waals surface area contributed by atoms with Crippen molar-refractivity contribution in [2.45, 2.75) is 44.7 Å². The zero-order valence-corrected chi connectivity index (χ0v) is 20.2. The molecule has 8 nitrogen and oxygen atoms in total. The molecule has 1 aromatic carbocycles. The molecule has 0 bridgehead atoms. The summed E-state index contributed by atoms with van der Waals surface area (Å²) < 4.78 is 11.8. The van der Waals surface area contributed by atoms with Crippen molar-refractivity contribution >= 4 is 28.7 Å². The van der Waals surface area contributed by atoms with Gasteiger partial charge in [-0.05, 0) is 50.4 Å². The third-order valence-electron chi connectivity index (χ3n) is 5.80. The van der Waals surface area contributed by atoms with Crippen LogP contribution in [0.2, 0.25) is 0 Å². The molecule has 1 N–H and O–H groups in total. The quantitative estimate of drug-likeness (QED) is 0.678. The molecule has 2 aliphatic heterocycles. The van der Waals surface area contributed by atoms with Gasteiger partial charge in [-0.25, -0.2) is 14.7 Å². The van der Waals surface area contributed by atoms with E-state index in [1.54, 1.807) is 19.5 Å². The first-order valence-electron chi connectivity index (χ1n) is 11.0. The molecule has 0 saturated carbocycles. The second kappa shape index (κ2) is 9.29. The van der Waals surface area contributed by atoms with Crippen molar-refractivity contribution in [3.8, 4) is 0 Å².